The van der Waals surface area contributed by atoms with Gasteiger partial charge in [-0.3, -0.25) is 24.1 Å². The van der Waals surface area contributed by atoms with Gasteiger partial charge in [0.05, 0.1) is 23.1 Å². The number of nitrogens with two attached hydrogens (primary N) is 1. The van der Waals surface area contributed by atoms with Gasteiger partial charge < -0.3 is 20.1 Å². The van der Waals surface area contributed by atoms with Gasteiger partial charge in [-0.25, -0.2) is 0 Å². The number of carbonyl (C=O) groups is 4. The highest BCUT2D eigenvalue weighted by atomic mass is 35.5. The smallest absolute Gasteiger partial charge is 0.294 e. The Bertz CT molecular complexity index is 884. The topological polar surface area (TPSA) is 119 Å². The average molecular weight is 440 g/mol. The van der Waals surface area contributed by atoms with Gasteiger partial charge in [-0.05, 0) is 35.5 Å². The summed E-state index contributed by atoms with van der Waals surface area (Å²) in [5.41, 5.74) is 5.59. The number of thioether (sulfide) groups is 1. The zero-order valence-corrected chi connectivity index (χ0v) is 16.8. The van der Waals surface area contributed by atoms with E-state index in [0.29, 0.717) is 31.9 Å². The largest absolute Gasteiger partial charge is 0.482 e. The molecule has 0 saturated carbocycles. The number of morpholine rings is 1. The van der Waals surface area contributed by atoms with Crippen LogP contribution in [-0.4, -0.2) is 72.2 Å². The lowest BCUT2D eigenvalue weighted by Gasteiger charge is -2.28. The summed E-state index contributed by atoms with van der Waals surface area (Å²) in [6.45, 7) is 1.14. The molecule has 4 amide bonds. The highest BCUT2D eigenvalue weighted by Gasteiger charge is 2.37. The molecule has 2 aliphatic heterocycles. The van der Waals surface area contributed by atoms with E-state index < -0.39 is 17.1 Å². The van der Waals surface area contributed by atoms with E-state index in [1.54, 1.807) is 11.0 Å². The van der Waals surface area contributed by atoms with Crippen molar-refractivity contribution in [2.75, 3.05) is 39.5 Å². The molecule has 2 saturated heterocycles. The zero-order valence-electron chi connectivity index (χ0n) is 15.3. The van der Waals surface area contributed by atoms with Crippen molar-refractivity contribution in [3.05, 3.63) is 33.7 Å². The van der Waals surface area contributed by atoms with Crippen LogP contribution in [0.3, 0.4) is 0 Å². The molecule has 2 fully saturated rings. The number of hydrogen-bond acceptors (Lipinski definition) is 7. The molecule has 0 atom stereocenters. The number of hydrogen-bond donors (Lipinski definition) is 1. The number of primary amides is 1. The molecule has 0 bridgehead atoms. The van der Waals surface area contributed by atoms with Crippen molar-refractivity contribution in [1.82, 2.24) is 9.80 Å². The number of nitrogens with zero attached hydrogens (tertiary/aromatic N) is 2. The van der Waals surface area contributed by atoms with E-state index in [1.165, 1.54) is 18.2 Å². The minimum Gasteiger partial charge on any atom is -0.482 e. The Hall–Kier alpha value is -2.56. The number of rotatable bonds is 6. The van der Waals surface area contributed by atoms with Crippen molar-refractivity contribution < 1.29 is 28.7 Å². The number of halogens is 1. The van der Waals surface area contributed by atoms with E-state index >= 15 is 0 Å². The molecule has 11 heteroatoms. The summed E-state index contributed by atoms with van der Waals surface area (Å²) in [5.74, 6) is -1.19. The standard InChI is InChI=1S/C18H18ClN3O6S/c19-12-7-11(1-2-13(12)28-10-15(20)23)8-14-17(25)22(18(26)29-14)9-16(24)21-3-5-27-6-4-21/h1-2,7-8H,3-6,9-10H2,(H2,20,23)/b14-8-. The van der Waals surface area contributed by atoms with E-state index in [-0.39, 0.29) is 34.7 Å². The van der Waals surface area contributed by atoms with Crippen molar-refractivity contribution in [3.8, 4) is 5.75 Å². The second kappa shape index (κ2) is 9.29. The maximum atomic E-state index is 12.6. The third-order valence-electron chi connectivity index (χ3n) is 4.15. The van der Waals surface area contributed by atoms with Crippen LogP contribution >= 0.6 is 23.4 Å². The first-order valence-corrected chi connectivity index (χ1v) is 9.86. The van der Waals surface area contributed by atoms with Crippen molar-refractivity contribution >= 4 is 52.4 Å². The molecule has 2 aliphatic rings. The van der Waals surface area contributed by atoms with Gasteiger partial charge in [0, 0.05) is 13.1 Å². The Morgan fingerprint density at radius 2 is 2.00 bits per heavy atom. The molecule has 9 nitrogen and oxygen atoms in total. The quantitative estimate of drug-likeness (QED) is 0.659. The van der Waals surface area contributed by atoms with Crippen LogP contribution in [0.1, 0.15) is 5.56 Å². The normalized spacial score (nSPS) is 18.4. The first-order valence-electron chi connectivity index (χ1n) is 8.66. The molecule has 1 aromatic rings. The minimum absolute atomic E-state index is 0.187. The van der Waals surface area contributed by atoms with E-state index in [1.807, 2.05) is 0 Å². The Kier molecular flexibility index (Phi) is 6.78. The summed E-state index contributed by atoms with van der Waals surface area (Å²) >= 11 is 6.87. The Morgan fingerprint density at radius 3 is 2.66 bits per heavy atom. The van der Waals surface area contributed by atoms with Crippen LogP contribution in [0.5, 0.6) is 5.75 Å². The second-order valence-electron chi connectivity index (χ2n) is 6.21. The van der Waals surface area contributed by atoms with Gasteiger partial charge in [-0.2, -0.15) is 0 Å². The predicted octanol–water partition coefficient (Wildman–Crippen LogP) is 1.10. The van der Waals surface area contributed by atoms with Gasteiger partial charge in [0.1, 0.15) is 12.3 Å². The highest BCUT2D eigenvalue weighted by Crippen LogP contribution is 2.33. The third-order valence-corrected chi connectivity index (χ3v) is 5.36. The van der Waals surface area contributed by atoms with Crippen molar-refractivity contribution in [2.24, 2.45) is 5.73 Å². The van der Waals surface area contributed by atoms with Crippen LogP contribution in [-0.2, 0) is 19.1 Å². The number of ether oxygens (including phenoxy) is 2. The molecular formula is C18H18ClN3O6S. The van der Waals surface area contributed by atoms with Crippen LogP contribution in [0.25, 0.3) is 6.08 Å². The van der Waals surface area contributed by atoms with Gasteiger partial charge in [0.15, 0.2) is 6.61 Å². The molecule has 3 rings (SSSR count). The van der Waals surface area contributed by atoms with E-state index in [4.69, 9.17) is 26.8 Å². The lowest BCUT2D eigenvalue weighted by Crippen LogP contribution is -2.46. The van der Waals surface area contributed by atoms with Crippen LogP contribution < -0.4 is 10.5 Å². The van der Waals surface area contributed by atoms with Crippen molar-refractivity contribution in [1.29, 1.82) is 0 Å². The maximum absolute atomic E-state index is 12.6. The van der Waals surface area contributed by atoms with Crippen LogP contribution in [0.2, 0.25) is 5.02 Å². The van der Waals surface area contributed by atoms with Gasteiger partial charge >= 0.3 is 0 Å². The van der Waals surface area contributed by atoms with Gasteiger partial charge in [-0.1, -0.05) is 17.7 Å². The Morgan fingerprint density at radius 1 is 1.28 bits per heavy atom. The van der Waals surface area contributed by atoms with E-state index in [2.05, 4.69) is 0 Å². The number of imide groups is 1. The lowest BCUT2D eigenvalue weighted by atomic mass is 10.2. The SMILES string of the molecule is NC(=O)COc1ccc(/C=C2\SC(=O)N(CC(=O)N3CCOCC3)C2=O)cc1Cl. The van der Waals surface area contributed by atoms with Crippen LogP contribution in [0.4, 0.5) is 4.79 Å². The molecule has 154 valence electrons. The van der Waals surface area contributed by atoms with Gasteiger partial charge in [-0.15, -0.1) is 0 Å². The molecule has 0 unspecified atom stereocenters. The minimum atomic E-state index is -0.634. The number of amides is 4. The molecule has 2 heterocycles. The third kappa shape index (κ3) is 5.28. The van der Waals surface area contributed by atoms with Crippen LogP contribution in [0.15, 0.2) is 23.1 Å². The molecule has 0 spiro atoms. The molecule has 0 aliphatic carbocycles. The summed E-state index contributed by atoms with van der Waals surface area (Å²) < 4.78 is 10.4. The molecule has 0 aromatic heterocycles. The summed E-state index contributed by atoms with van der Waals surface area (Å²) in [4.78, 5) is 50.6. The summed E-state index contributed by atoms with van der Waals surface area (Å²) in [6, 6.07) is 4.68. The monoisotopic (exact) mass is 439 g/mol. The second-order valence-corrected chi connectivity index (χ2v) is 7.61. The molecule has 0 radical (unpaired) electrons. The van der Waals surface area contributed by atoms with Crippen LogP contribution in [0, 0.1) is 0 Å². The fourth-order valence-electron chi connectivity index (χ4n) is 2.71. The maximum Gasteiger partial charge on any atom is 0.294 e. The number of benzene rings is 1. The van der Waals surface area contributed by atoms with Gasteiger partial charge in [0.2, 0.25) is 5.91 Å². The average Bonchev–Trinajstić information content (AvgIpc) is 2.95. The summed E-state index contributed by atoms with van der Waals surface area (Å²) in [7, 11) is 0. The zero-order chi connectivity index (χ0) is 21.0. The molecule has 2 N–H and O–H groups in total. The molecule has 29 heavy (non-hydrogen) atoms. The lowest BCUT2D eigenvalue weighted by molar-refractivity contribution is -0.139. The highest BCUT2D eigenvalue weighted by molar-refractivity contribution is 8.18. The fraction of sp³-hybridized carbons (Fsp3) is 0.333. The molecule has 1 aromatic carbocycles. The summed E-state index contributed by atoms with van der Waals surface area (Å²) in [6.07, 6.45) is 1.51. The summed E-state index contributed by atoms with van der Waals surface area (Å²) in [5, 5.41) is -0.280. The predicted molar refractivity (Wildman–Crippen MR) is 106 cm³/mol. The Labute approximate surface area is 175 Å². The van der Waals surface area contributed by atoms with Crippen molar-refractivity contribution in [3.63, 3.8) is 0 Å². The first kappa shape index (κ1) is 21.2. The van der Waals surface area contributed by atoms with E-state index in [0.717, 1.165) is 16.7 Å². The van der Waals surface area contributed by atoms with E-state index in [9.17, 15) is 19.2 Å². The number of carbonyl (C=O) groups excluding carboxylic acids is 4. The van der Waals surface area contributed by atoms with Gasteiger partial charge in [0.25, 0.3) is 17.1 Å². The first-order chi connectivity index (χ1) is 13.8. The fourth-order valence-corrected chi connectivity index (χ4v) is 3.79. The van der Waals surface area contributed by atoms with Crippen molar-refractivity contribution in [2.45, 2.75) is 0 Å². The Balaban J connectivity index is 1.68. The molecular weight excluding hydrogens is 422 g/mol.